The van der Waals surface area contributed by atoms with Crippen LogP contribution in [0.25, 0.3) is 10.6 Å². The van der Waals surface area contributed by atoms with Crippen LogP contribution in [0.4, 0.5) is 11.4 Å². The fourth-order valence-electron chi connectivity index (χ4n) is 3.77. The fourth-order valence-corrected chi connectivity index (χ4v) is 5.62. The van der Waals surface area contributed by atoms with Gasteiger partial charge in [-0.25, -0.2) is 4.68 Å². The van der Waals surface area contributed by atoms with Gasteiger partial charge < -0.3 is 10.4 Å². The number of non-ortho nitro benzene ring substituents is 1. The molecule has 2 aliphatic rings. The highest BCUT2D eigenvalue weighted by molar-refractivity contribution is 7.90. The van der Waals surface area contributed by atoms with Crippen molar-refractivity contribution >= 4 is 38.6 Å². The van der Waals surface area contributed by atoms with Crippen LogP contribution < -0.4 is 10.9 Å². The number of nitro groups is 1. The summed E-state index contributed by atoms with van der Waals surface area (Å²) in [7, 11) is -4.38. The molecule has 0 saturated heterocycles. The standard InChI is InChI=1S/C20H17N5O6S2/c26-18-16(19-21-13-7-6-12(25(28)29)9-15(13)33(30,31)23-19)20(27)24(10-11-3-1-4-11)22-17(18)14-5-2-8-32-14/h2,5-9,11,26H,1,3-4,10H2,(H,21,23). The summed E-state index contributed by atoms with van der Waals surface area (Å²) in [4.78, 5) is 23.8. The molecule has 1 saturated carbocycles. The number of hydrogen-bond acceptors (Lipinski definition) is 9. The summed E-state index contributed by atoms with van der Waals surface area (Å²) in [6, 6.07) is 6.77. The fraction of sp³-hybridized carbons (Fsp3) is 0.250. The Hall–Kier alpha value is -3.58. The number of nitro benzene ring substituents is 1. The first-order chi connectivity index (χ1) is 15.7. The number of nitrogens with zero attached hydrogens (tertiary/aromatic N) is 4. The summed E-state index contributed by atoms with van der Waals surface area (Å²) < 4.78 is 30.6. The Morgan fingerprint density at radius 1 is 1.30 bits per heavy atom. The minimum Gasteiger partial charge on any atom is -0.505 e. The van der Waals surface area contributed by atoms with Crippen LogP contribution in [0.15, 0.2) is 49.8 Å². The molecule has 0 amide bonds. The number of thiophene rings is 1. The van der Waals surface area contributed by atoms with Crippen LogP contribution in [-0.4, -0.2) is 34.1 Å². The lowest BCUT2D eigenvalue weighted by Crippen LogP contribution is -2.36. The molecule has 0 radical (unpaired) electrons. The van der Waals surface area contributed by atoms with Crippen LogP contribution >= 0.6 is 11.3 Å². The SMILES string of the molecule is O=c1c(C2=NS(=O)(=O)c3cc([N+](=O)[O-])ccc3N2)c(O)c(-c2cccs2)nn1CC1CCC1. The molecule has 1 aliphatic heterocycles. The molecular formula is C20H17N5O6S2. The maximum Gasteiger partial charge on any atom is 0.286 e. The Morgan fingerprint density at radius 2 is 2.09 bits per heavy atom. The maximum atomic E-state index is 13.3. The number of rotatable bonds is 5. The predicted octanol–water partition coefficient (Wildman–Crippen LogP) is 2.95. The number of aromatic hydroxyl groups is 1. The van der Waals surface area contributed by atoms with Gasteiger partial charge >= 0.3 is 0 Å². The first-order valence-electron chi connectivity index (χ1n) is 10.0. The number of hydrogen-bond donors (Lipinski definition) is 2. The second kappa shape index (κ2) is 7.78. The van der Waals surface area contributed by atoms with E-state index < -0.39 is 31.9 Å². The third-order valence-corrected chi connectivity index (χ3v) is 7.89. The number of amidine groups is 1. The second-order valence-corrected chi connectivity index (χ2v) is 10.3. The van der Waals surface area contributed by atoms with Gasteiger partial charge in [0.2, 0.25) is 0 Å². The van der Waals surface area contributed by atoms with Gasteiger partial charge in [0.05, 0.1) is 15.5 Å². The monoisotopic (exact) mass is 487 g/mol. The largest absolute Gasteiger partial charge is 0.505 e. The molecule has 3 aromatic rings. The molecule has 1 aromatic carbocycles. The highest BCUT2D eigenvalue weighted by atomic mass is 32.2. The van der Waals surface area contributed by atoms with E-state index in [1.165, 1.54) is 22.1 Å². The Morgan fingerprint density at radius 3 is 2.73 bits per heavy atom. The lowest BCUT2D eigenvalue weighted by molar-refractivity contribution is -0.385. The summed E-state index contributed by atoms with van der Waals surface area (Å²) in [5.41, 5.74) is -1.24. The van der Waals surface area contributed by atoms with Crippen molar-refractivity contribution in [1.82, 2.24) is 9.78 Å². The topological polar surface area (TPSA) is 157 Å². The number of anilines is 1. The van der Waals surface area contributed by atoms with Crippen molar-refractivity contribution in [2.45, 2.75) is 30.7 Å². The van der Waals surface area contributed by atoms with Gasteiger partial charge in [-0.15, -0.1) is 15.7 Å². The maximum absolute atomic E-state index is 13.3. The van der Waals surface area contributed by atoms with E-state index in [2.05, 4.69) is 14.8 Å². The molecule has 5 rings (SSSR count). The normalized spacial score (nSPS) is 16.9. The zero-order valence-corrected chi connectivity index (χ0v) is 18.6. The molecule has 11 nitrogen and oxygen atoms in total. The molecule has 2 aromatic heterocycles. The highest BCUT2D eigenvalue weighted by Crippen LogP contribution is 2.36. The summed E-state index contributed by atoms with van der Waals surface area (Å²) in [6.45, 7) is 0.341. The highest BCUT2D eigenvalue weighted by Gasteiger charge is 2.32. The van der Waals surface area contributed by atoms with E-state index >= 15 is 0 Å². The van der Waals surface area contributed by atoms with Gasteiger partial charge in [-0.3, -0.25) is 14.9 Å². The second-order valence-electron chi connectivity index (χ2n) is 7.81. The third-order valence-electron chi connectivity index (χ3n) is 5.70. The molecule has 1 aliphatic carbocycles. The van der Waals surface area contributed by atoms with Crippen LogP contribution in [0.5, 0.6) is 5.75 Å². The summed E-state index contributed by atoms with van der Waals surface area (Å²) >= 11 is 1.31. The minimum absolute atomic E-state index is 0.0180. The molecule has 0 atom stereocenters. The molecule has 3 heterocycles. The number of fused-ring (bicyclic) bond motifs is 1. The first-order valence-corrected chi connectivity index (χ1v) is 12.4. The van der Waals surface area contributed by atoms with E-state index in [-0.39, 0.29) is 33.6 Å². The molecule has 0 unspecified atom stereocenters. The molecule has 2 N–H and O–H groups in total. The van der Waals surface area contributed by atoms with Gasteiger partial charge in [0.25, 0.3) is 21.3 Å². The van der Waals surface area contributed by atoms with Gasteiger partial charge in [-0.1, -0.05) is 12.5 Å². The smallest absolute Gasteiger partial charge is 0.286 e. The molecule has 0 bridgehead atoms. The van der Waals surface area contributed by atoms with E-state index in [0.29, 0.717) is 11.4 Å². The average molecular weight is 488 g/mol. The Balaban J connectivity index is 1.68. The summed E-state index contributed by atoms with van der Waals surface area (Å²) in [5, 5.41) is 30.9. The summed E-state index contributed by atoms with van der Waals surface area (Å²) in [6.07, 6.45) is 2.98. The van der Waals surface area contributed by atoms with Crippen LogP contribution in [-0.2, 0) is 16.6 Å². The molecule has 170 valence electrons. The number of sulfonamides is 1. The van der Waals surface area contributed by atoms with E-state index in [0.717, 1.165) is 31.4 Å². The predicted molar refractivity (Wildman–Crippen MR) is 121 cm³/mol. The zero-order chi connectivity index (χ0) is 23.3. The van der Waals surface area contributed by atoms with Gasteiger partial charge in [-0.05, 0) is 36.3 Å². The molecule has 33 heavy (non-hydrogen) atoms. The van der Waals surface area contributed by atoms with Gasteiger partial charge in [0.1, 0.15) is 16.2 Å². The van der Waals surface area contributed by atoms with E-state index in [1.54, 1.807) is 17.5 Å². The van der Waals surface area contributed by atoms with Crippen molar-refractivity contribution in [3.8, 4) is 16.3 Å². The zero-order valence-electron chi connectivity index (χ0n) is 17.0. The van der Waals surface area contributed by atoms with Crippen molar-refractivity contribution in [2.75, 3.05) is 5.32 Å². The Labute approximate surface area is 191 Å². The molecular weight excluding hydrogens is 470 g/mol. The van der Waals surface area contributed by atoms with Crippen LogP contribution in [0.3, 0.4) is 0 Å². The number of benzene rings is 1. The van der Waals surface area contributed by atoms with Crippen molar-refractivity contribution in [1.29, 1.82) is 0 Å². The van der Waals surface area contributed by atoms with E-state index in [9.17, 15) is 28.4 Å². The van der Waals surface area contributed by atoms with Crippen LogP contribution in [0.2, 0.25) is 0 Å². The number of aromatic nitrogens is 2. The first kappa shape index (κ1) is 21.3. The Kier molecular flexibility index (Phi) is 5.01. The van der Waals surface area contributed by atoms with Gasteiger partial charge in [0, 0.05) is 18.7 Å². The molecule has 1 fully saturated rings. The van der Waals surface area contributed by atoms with Crippen LogP contribution in [0.1, 0.15) is 24.8 Å². The van der Waals surface area contributed by atoms with Gasteiger partial charge in [-0.2, -0.15) is 13.5 Å². The van der Waals surface area contributed by atoms with Crippen molar-refractivity contribution in [2.24, 2.45) is 10.3 Å². The quantitative estimate of drug-likeness (QED) is 0.411. The molecule has 0 spiro atoms. The lowest BCUT2D eigenvalue weighted by atomic mass is 9.85. The average Bonchev–Trinajstić information content (AvgIpc) is 3.26. The Bertz CT molecular complexity index is 1470. The van der Waals surface area contributed by atoms with Crippen molar-refractivity contribution < 1.29 is 18.4 Å². The lowest BCUT2D eigenvalue weighted by Gasteiger charge is -2.26. The van der Waals surface area contributed by atoms with E-state index in [4.69, 9.17) is 0 Å². The molecule has 13 heteroatoms. The van der Waals surface area contributed by atoms with Crippen molar-refractivity contribution in [3.63, 3.8) is 0 Å². The minimum atomic E-state index is -4.38. The van der Waals surface area contributed by atoms with Crippen LogP contribution in [0, 0.1) is 16.0 Å². The van der Waals surface area contributed by atoms with Crippen molar-refractivity contribution in [3.05, 3.63) is 61.7 Å². The number of nitrogens with one attached hydrogen (secondary N) is 1. The summed E-state index contributed by atoms with van der Waals surface area (Å²) in [5.74, 6) is -0.574. The van der Waals surface area contributed by atoms with Gasteiger partial charge in [0.15, 0.2) is 11.6 Å². The van der Waals surface area contributed by atoms with E-state index in [1.807, 2.05) is 0 Å². The third kappa shape index (κ3) is 3.68.